The summed E-state index contributed by atoms with van der Waals surface area (Å²) in [5.41, 5.74) is 0.571. The van der Waals surface area contributed by atoms with Gasteiger partial charge in [0.05, 0.1) is 5.56 Å². The quantitative estimate of drug-likeness (QED) is 0.838. The molecule has 0 atom stereocenters. The summed E-state index contributed by atoms with van der Waals surface area (Å²) in [5, 5.41) is 8.76. The van der Waals surface area contributed by atoms with Crippen LogP contribution in [0.3, 0.4) is 0 Å². The maximum Gasteiger partial charge on any atom is 0.222 e. The van der Waals surface area contributed by atoms with E-state index in [-0.39, 0.29) is 5.91 Å². The molecule has 0 unspecified atom stereocenters. The molecule has 1 fully saturated rings. The molecule has 5 nitrogen and oxygen atoms in total. The molecule has 0 saturated carbocycles. The number of anilines is 1. The molecule has 0 spiro atoms. The van der Waals surface area contributed by atoms with Gasteiger partial charge >= 0.3 is 0 Å². The zero-order chi connectivity index (χ0) is 14.4. The van der Waals surface area contributed by atoms with Gasteiger partial charge in [0.1, 0.15) is 11.9 Å². The van der Waals surface area contributed by atoms with E-state index in [4.69, 9.17) is 5.26 Å². The molecule has 1 aromatic heterocycles. The minimum atomic E-state index is 0.263. The second-order valence-corrected chi connectivity index (χ2v) is 4.99. The van der Waals surface area contributed by atoms with Gasteiger partial charge < -0.3 is 9.80 Å². The molecule has 2 rings (SSSR count). The summed E-state index contributed by atoms with van der Waals surface area (Å²) in [6.07, 6.45) is 4.27. The Morgan fingerprint density at radius 3 is 2.65 bits per heavy atom. The fourth-order valence-electron chi connectivity index (χ4n) is 2.31. The highest BCUT2D eigenvalue weighted by Crippen LogP contribution is 2.14. The van der Waals surface area contributed by atoms with Crippen molar-refractivity contribution in [3.05, 3.63) is 23.9 Å². The van der Waals surface area contributed by atoms with Gasteiger partial charge in [-0.05, 0) is 18.6 Å². The normalized spacial score (nSPS) is 15.0. The average molecular weight is 272 g/mol. The van der Waals surface area contributed by atoms with Crippen LogP contribution in [0.5, 0.6) is 0 Å². The van der Waals surface area contributed by atoms with Crippen molar-refractivity contribution >= 4 is 11.7 Å². The Bertz CT molecular complexity index is 484. The highest BCUT2D eigenvalue weighted by atomic mass is 16.2. The molecule has 0 aliphatic carbocycles. The minimum absolute atomic E-state index is 0.263. The van der Waals surface area contributed by atoms with Crippen molar-refractivity contribution in [3.8, 4) is 6.07 Å². The van der Waals surface area contributed by atoms with E-state index < -0.39 is 0 Å². The van der Waals surface area contributed by atoms with Crippen molar-refractivity contribution in [3.63, 3.8) is 0 Å². The number of hydrogen-bond acceptors (Lipinski definition) is 4. The lowest BCUT2D eigenvalue weighted by Gasteiger charge is -2.35. The number of piperazine rings is 1. The van der Waals surface area contributed by atoms with Gasteiger partial charge in [-0.25, -0.2) is 4.98 Å². The Kier molecular flexibility index (Phi) is 4.94. The standard InChI is InChI=1S/C15H20N4O/c1-2-3-4-15(20)19-9-7-18(8-10-19)14-6-5-13(11-16)12-17-14/h5-6,12H,2-4,7-10H2,1H3. The van der Waals surface area contributed by atoms with E-state index in [1.165, 1.54) is 0 Å². The third-order valence-corrected chi connectivity index (χ3v) is 3.58. The van der Waals surface area contributed by atoms with Crippen LogP contribution in [0.4, 0.5) is 5.82 Å². The maximum atomic E-state index is 11.9. The van der Waals surface area contributed by atoms with Crippen LogP contribution in [0.15, 0.2) is 18.3 Å². The van der Waals surface area contributed by atoms with Gasteiger partial charge in [-0.1, -0.05) is 13.3 Å². The van der Waals surface area contributed by atoms with E-state index in [0.717, 1.165) is 44.8 Å². The lowest BCUT2D eigenvalue weighted by molar-refractivity contribution is -0.131. The predicted octanol–water partition coefficient (Wildman–Crippen LogP) is 1.79. The second kappa shape index (κ2) is 6.90. The Morgan fingerprint density at radius 1 is 1.35 bits per heavy atom. The van der Waals surface area contributed by atoms with E-state index in [2.05, 4.69) is 22.9 Å². The van der Waals surface area contributed by atoms with Crippen LogP contribution in [0.1, 0.15) is 31.7 Å². The molecule has 0 N–H and O–H groups in total. The second-order valence-electron chi connectivity index (χ2n) is 4.99. The van der Waals surface area contributed by atoms with Gasteiger partial charge in [-0.15, -0.1) is 0 Å². The molecule has 20 heavy (non-hydrogen) atoms. The summed E-state index contributed by atoms with van der Waals surface area (Å²) < 4.78 is 0. The van der Waals surface area contributed by atoms with E-state index >= 15 is 0 Å². The first-order chi connectivity index (χ1) is 9.74. The van der Waals surface area contributed by atoms with Gasteiger partial charge in [0, 0.05) is 38.8 Å². The first kappa shape index (κ1) is 14.3. The number of amides is 1. The Morgan fingerprint density at radius 2 is 2.10 bits per heavy atom. The van der Waals surface area contributed by atoms with Crippen LogP contribution < -0.4 is 4.90 Å². The molecule has 1 aliphatic rings. The zero-order valence-electron chi connectivity index (χ0n) is 11.9. The molecule has 0 bridgehead atoms. The van der Waals surface area contributed by atoms with Gasteiger partial charge in [-0.3, -0.25) is 4.79 Å². The average Bonchev–Trinajstić information content (AvgIpc) is 2.53. The summed E-state index contributed by atoms with van der Waals surface area (Å²) in [7, 11) is 0. The van der Waals surface area contributed by atoms with Crippen molar-refractivity contribution in [2.75, 3.05) is 31.1 Å². The predicted molar refractivity (Wildman–Crippen MR) is 77.3 cm³/mol. The van der Waals surface area contributed by atoms with Crippen LogP contribution >= 0.6 is 0 Å². The third-order valence-electron chi connectivity index (χ3n) is 3.58. The Balaban J connectivity index is 1.87. The van der Waals surface area contributed by atoms with Gasteiger partial charge in [0.25, 0.3) is 0 Å². The van der Waals surface area contributed by atoms with Crippen molar-refractivity contribution in [1.82, 2.24) is 9.88 Å². The number of rotatable bonds is 4. The van der Waals surface area contributed by atoms with E-state index in [9.17, 15) is 4.79 Å². The fourth-order valence-corrected chi connectivity index (χ4v) is 2.31. The molecule has 5 heteroatoms. The van der Waals surface area contributed by atoms with Crippen molar-refractivity contribution in [1.29, 1.82) is 5.26 Å². The third kappa shape index (κ3) is 3.47. The molecule has 1 aliphatic heterocycles. The monoisotopic (exact) mass is 272 g/mol. The highest BCUT2D eigenvalue weighted by Gasteiger charge is 2.21. The SMILES string of the molecule is CCCCC(=O)N1CCN(c2ccc(C#N)cn2)CC1. The molecule has 106 valence electrons. The molecule has 2 heterocycles. The first-order valence-corrected chi connectivity index (χ1v) is 7.13. The Labute approximate surface area is 119 Å². The smallest absolute Gasteiger partial charge is 0.222 e. The number of hydrogen-bond donors (Lipinski definition) is 0. The molecular formula is C15H20N4O. The first-order valence-electron chi connectivity index (χ1n) is 7.13. The minimum Gasteiger partial charge on any atom is -0.353 e. The number of aromatic nitrogens is 1. The van der Waals surface area contributed by atoms with Crippen molar-refractivity contribution in [2.24, 2.45) is 0 Å². The molecular weight excluding hydrogens is 252 g/mol. The maximum absolute atomic E-state index is 11.9. The topological polar surface area (TPSA) is 60.2 Å². The van der Waals surface area contributed by atoms with Crippen LogP contribution in [0, 0.1) is 11.3 Å². The van der Waals surface area contributed by atoms with E-state index in [1.54, 1.807) is 12.3 Å². The number of pyridine rings is 1. The highest BCUT2D eigenvalue weighted by molar-refractivity contribution is 5.76. The van der Waals surface area contributed by atoms with E-state index in [0.29, 0.717) is 12.0 Å². The number of unbranched alkanes of at least 4 members (excludes halogenated alkanes) is 1. The summed E-state index contributed by atoms with van der Waals surface area (Å²) in [5.74, 6) is 1.14. The lowest BCUT2D eigenvalue weighted by atomic mass is 10.2. The zero-order valence-corrected chi connectivity index (χ0v) is 11.9. The molecule has 1 amide bonds. The summed E-state index contributed by atoms with van der Waals surface area (Å²) in [4.78, 5) is 20.3. The number of carbonyl (C=O) groups excluding carboxylic acids is 1. The summed E-state index contributed by atoms with van der Waals surface area (Å²) in [6.45, 7) is 5.21. The molecule has 0 radical (unpaired) electrons. The van der Waals surface area contributed by atoms with Crippen LogP contribution in [0.25, 0.3) is 0 Å². The number of nitriles is 1. The van der Waals surface area contributed by atoms with Gasteiger partial charge in [0.15, 0.2) is 0 Å². The van der Waals surface area contributed by atoms with Gasteiger partial charge in [-0.2, -0.15) is 5.26 Å². The fraction of sp³-hybridized carbons (Fsp3) is 0.533. The Hall–Kier alpha value is -2.09. The van der Waals surface area contributed by atoms with Crippen LogP contribution in [-0.4, -0.2) is 42.0 Å². The van der Waals surface area contributed by atoms with E-state index in [1.807, 2.05) is 11.0 Å². The van der Waals surface area contributed by atoms with Crippen molar-refractivity contribution < 1.29 is 4.79 Å². The summed E-state index contributed by atoms with van der Waals surface area (Å²) in [6, 6.07) is 5.71. The molecule has 1 aromatic rings. The number of carbonyl (C=O) groups is 1. The number of nitrogens with zero attached hydrogens (tertiary/aromatic N) is 4. The largest absolute Gasteiger partial charge is 0.353 e. The van der Waals surface area contributed by atoms with Gasteiger partial charge in [0.2, 0.25) is 5.91 Å². The molecule has 0 aromatic carbocycles. The van der Waals surface area contributed by atoms with Crippen LogP contribution in [-0.2, 0) is 4.79 Å². The summed E-state index contributed by atoms with van der Waals surface area (Å²) >= 11 is 0. The van der Waals surface area contributed by atoms with Crippen LogP contribution in [0.2, 0.25) is 0 Å². The lowest BCUT2D eigenvalue weighted by Crippen LogP contribution is -2.49. The molecule has 1 saturated heterocycles. The van der Waals surface area contributed by atoms with Crippen molar-refractivity contribution in [2.45, 2.75) is 26.2 Å².